The third-order valence-electron chi connectivity index (χ3n) is 3.42. The van der Waals surface area contributed by atoms with Crippen LogP contribution < -0.4 is 10.3 Å². The van der Waals surface area contributed by atoms with Gasteiger partial charge in [0.2, 0.25) is 5.88 Å². The summed E-state index contributed by atoms with van der Waals surface area (Å²) in [5.74, 6) is 0.419. The zero-order chi connectivity index (χ0) is 17.4. The molecule has 1 N–H and O–H groups in total. The first kappa shape index (κ1) is 16.3. The first-order valence-electron chi connectivity index (χ1n) is 7.19. The van der Waals surface area contributed by atoms with Crippen LogP contribution in [0.2, 0.25) is 0 Å². The number of H-pyrrole nitrogens is 1. The van der Waals surface area contributed by atoms with E-state index < -0.39 is 0 Å². The summed E-state index contributed by atoms with van der Waals surface area (Å²) in [7, 11) is 1.70. The number of hydrogen-bond acceptors (Lipinski definition) is 6. The zero-order valence-electron chi connectivity index (χ0n) is 13.3. The van der Waals surface area contributed by atoms with Gasteiger partial charge in [0.25, 0.3) is 5.56 Å². The van der Waals surface area contributed by atoms with Gasteiger partial charge in [-0.25, -0.2) is 9.97 Å². The normalized spacial score (nSPS) is 11.0. The van der Waals surface area contributed by atoms with Gasteiger partial charge in [-0.1, -0.05) is 0 Å². The van der Waals surface area contributed by atoms with Crippen LogP contribution in [0.3, 0.4) is 0 Å². The summed E-state index contributed by atoms with van der Waals surface area (Å²) < 4.78 is 7.60. The lowest BCUT2D eigenvalue weighted by molar-refractivity contribution is 0.101. The maximum absolute atomic E-state index is 12.3. The number of hydrogen-bond donors (Lipinski definition) is 1. The molecule has 3 rings (SSSR count). The zero-order valence-corrected chi connectivity index (χ0v) is 14.8. The molecule has 0 unspecified atom stereocenters. The molecule has 3 aromatic heterocycles. The molecule has 124 valence electrons. The summed E-state index contributed by atoms with van der Waals surface area (Å²) in [5, 5.41) is 4.11. The van der Waals surface area contributed by atoms with Gasteiger partial charge in [-0.3, -0.25) is 14.3 Å². The third kappa shape index (κ3) is 2.71. The number of ether oxygens (including phenoxy) is 1. The molecule has 0 saturated heterocycles. The van der Waals surface area contributed by atoms with E-state index in [1.807, 2.05) is 6.92 Å². The fraction of sp³-hybridized carbons (Fsp3) is 0.267. The number of aromatic nitrogens is 5. The van der Waals surface area contributed by atoms with Crippen LogP contribution in [-0.4, -0.2) is 37.1 Å². The lowest BCUT2D eigenvalue weighted by Crippen LogP contribution is -2.11. The Morgan fingerprint density at radius 3 is 2.83 bits per heavy atom. The molecule has 0 aliphatic rings. The van der Waals surface area contributed by atoms with Crippen LogP contribution in [0, 0.1) is 0 Å². The molecule has 0 spiro atoms. The Bertz CT molecular complexity index is 1010. The number of halogens is 1. The van der Waals surface area contributed by atoms with E-state index in [1.165, 1.54) is 17.8 Å². The van der Waals surface area contributed by atoms with Crippen molar-refractivity contribution in [1.29, 1.82) is 0 Å². The number of carbonyl (C=O) groups excluding carboxylic acids is 1. The van der Waals surface area contributed by atoms with Crippen LogP contribution >= 0.6 is 15.9 Å². The molecule has 0 atom stereocenters. The van der Waals surface area contributed by atoms with E-state index in [0.29, 0.717) is 33.7 Å². The standard InChI is InChI=1S/C15H14BrN5O3/c1-4-24-15-9(5-8(6-17-15)7(2)22)13-18-10-11(14(23)19-13)20-21(3)12(10)16/h5-6H,4H2,1-3H3,(H,18,19,23). The summed E-state index contributed by atoms with van der Waals surface area (Å²) in [6.45, 7) is 3.65. The van der Waals surface area contributed by atoms with Crippen molar-refractivity contribution in [2.24, 2.45) is 7.05 Å². The fourth-order valence-electron chi connectivity index (χ4n) is 2.24. The first-order chi connectivity index (χ1) is 11.4. The second kappa shape index (κ2) is 6.16. The number of fused-ring (bicyclic) bond motifs is 1. The van der Waals surface area contributed by atoms with Crippen molar-refractivity contribution < 1.29 is 9.53 Å². The Hall–Kier alpha value is -2.55. The second-order valence-corrected chi connectivity index (χ2v) is 5.84. The lowest BCUT2D eigenvalue weighted by Gasteiger charge is -2.09. The van der Waals surface area contributed by atoms with Gasteiger partial charge < -0.3 is 9.72 Å². The van der Waals surface area contributed by atoms with Crippen molar-refractivity contribution in [3.05, 3.63) is 32.8 Å². The Labute approximate surface area is 145 Å². The quantitative estimate of drug-likeness (QED) is 0.682. The lowest BCUT2D eigenvalue weighted by atomic mass is 10.1. The summed E-state index contributed by atoms with van der Waals surface area (Å²) in [6.07, 6.45) is 1.44. The fourth-order valence-corrected chi connectivity index (χ4v) is 2.60. The first-order valence-corrected chi connectivity index (χ1v) is 7.98. The van der Waals surface area contributed by atoms with Crippen molar-refractivity contribution in [2.75, 3.05) is 6.61 Å². The molecule has 24 heavy (non-hydrogen) atoms. The van der Waals surface area contributed by atoms with Crippen LogP contribution in [0.15, 0.2) is 21.7 Å². The molecular formula is C15H14BrN5O3. The molecule has 0 aliphatic carbocycles. The highest BCUT2D eigenvalue weighted by atomic mass is 79.9. The number of rotatable bonds is 4. The Balaban J connectivity index is 2.29. The van der Waals surface area contributed by atoms with Gasteiger partial charge in [-0.15, -0.1) is 0 Å². The number of nitrogens with zero attached hydrogens (tertiary/aromatic N) is 4. The number of aromatic amines is 1. The number of aryl methyl sites for hydroxylation is 1. The smallest absolute Gasteiger partial charge is 0.279 e. The molecule has 0 aromatic carbocycles. The van der Waals surface area contributed by atoms with Crippen LogP contribution in [0.5, 0.6) is 5.88 Å². The molecule has 3 heterocycles. The minimum absolute atomic E-state index is 0.141. The van der Waals surface area contributed by atoms with E-state index in [-0.39, 0.29) is 22.7 Å². The minimum Gasteiger partial charge on any atom is -0.477 e. The molecule has 0 aliphatic heterocycles. The summed E-state index contributed by atoms with van der Waals surface area (Å²) in [5.41, 5.74) is 1.11. The molecule has 0 fully saturated rings. The van der Waals surface area contributed by atoms with E-state index >= 15 is 0 Å². The van der Waals surface area contributed by atoms with Crippen molar-refractivity contribution >= 4 is 32.7 Å². The maximum Gasteiger partial charge on any atom is 0.279 e. The number of pyridine rings is 1. The van der Waals surface area contributed by atoms with E-state index in [2.05, 4.69) is 36.0 Å². The van der Waals surface area contributed by atoms with E-state index in [1.54, 1.807) is 13.1 Å². The molecule has 8 nitrogen and oxygen atoms in total. The Kier molecular flexibility index (Phi) is 4.18. The van der Waals surface area contributed by atoms with Crippen LogP contribution in [0.25, 0.3) is 22.4 Å². The van der Waals surface area contributed by atoms with Crippen LogP contribution in [-0.2, 0) is 7.05 Å². The largest absolute Gasteiger partial charge is 0.477 e. The SMILES string of the molecule is CCOc1ncc(C(C)=O)cc1-c1nc2c(Br)n(C)nc2c(=O)[nH]1. The monoisotopic (exact) mass is 391 g/mol. The number of ketones is 1. The molecular weight excluding hydrogens is 378 g/mol. The van der Waals surface area contributed by atoms with E-state index in [0.717, 1.165) is 0 Å². The maximum atomic E-state index is 12.3. The Morgan fingerprint density at radius 1 is 1.42 bits per heavy atom. The van der Waals surface area contributed by atoms with Gasteiger partial charge in [-0.2, -0.15) is 5.10 Å². The van der Waals surface area contributed by atoms with Crippen LogP contribution in [0.4, 0.5) is 0 Å². The van der Waals surface area contributed by atoms with E-state index in [9.17, 15) is 9.59 Å². The highest BCUT2D eigenvalue weighted by Crippen LogP contribution is 2.28. The van der Waals surface area contributed by atoms with Gasteiger partial charge in [0.05, 0.1) is 12.2 Å². The molecule has 0 amide bonds. The van der Waals surface area contributed by atoms with Crippen LogP contribution in [0.1, 0.15) is 24.2 Å². The highest BCUT2D eigenvalue weighted by Gasteiger charge is 2.18. The molecule has 0 radical (unpaired) electrons. The van der Waals surface area contributed by atoms with Crippen molar-refractivity contribution in [2.45, 2.75) is 13.8 Å². The van der Waals surface area contributed by atoms with Gasteiger partial charge in [0, 0.05) is 18.8 Å². The Morgan fingerprint density at radius 2 is 2.17 bits per heavy atom. The molecule has 9 heteroatoms. The van der Waals surface area contributed by atoms with Crippen molar-refractivity contribution in [1.82, 2.24) is 24.7 Å². The average Bonchev–Trinajstić information content (AvgIpc) is 2.84. The summed E-state index contributed by atoms with van der Waals surface area (Å²) >= 11 is 3.36. The van der Waals surface area contributed by atoms with E-state index in [4.69, 9.17) is 4.74 Å². The van der Waals surface area contributed by atoms with Crippen molar-refractivity contribution in [3.8, 4) is 17.3 Å². The second-order valence-electron chi connectivity index (χ2n) is 5.09. The van der Waals surface area contributed by atoms with Gasteiger partial charge in [0.15, 0.2) is 11.3 Å². The molecule has 0 saturated carbocycles. The number of Topliss-reactive ketones (excluding diaryl/α,β-unsaturated/α-hetero) is 1. The average molecular weight is 392 g/mol. The molecule has 3 aromatic rings. The molecule has 0 bridgehead atoms. The predicted octanol–water partition coefficient (Wildman–Crippen LogP) is 2.08. The predicted molar refractivity (Wildman–Crippen MR) is 91.2 cm³/mol. The number of carbonyl (C=O) groups is 1. The highest BCUT2D eigenvalue weighted by molar-refractivity contribution is 9.10. The van der Waals surface area contributed by atoms with Gasteiger partial charge in [-0.05, 0) is 35.8 Å². The van der Waals surface area contributed by atoms with Gasteiger partial charge >= 0.3 is 0 Å². The summed E-state index contributed by atoms with van der Waals surface area (Å²) in [6, 6.07) is 1.61. The van der Waals surface area contributed by atoms with Gasteiger partial charge in [0.1, 0.15) is 15.9 Å². The number of nitrogens with one attached hydrogen (secondary N) is 1. The van der Waals surface area contributed by atoms with Crippen molar-refractivity contribution in [3.63, 3.8) is 0 Å². The third-order valence-corrected chi connectivity index (χ3v) is 4.31. The minimum atomic E-state index is -0.382. The topological polar surface area (TPSA) is 103 Å². The summed E-state index contributed by atoms with van der Waals surface area (Å²) in [4.78, 5) is 35.2.